The Balaban J connectivity index is 2.53. The van der Waals surface area contributed by atoms with Crippen LogP contribution in [0.25, 0.3) is 0 Å². The van der Waals surface area contributed by atoms with E-state index in [1.165, 1.54) is 0 Å². The van der Waals surface area contributed by atoms with Gasteiger partial charge in [-0.1, -0.05) is 44.2 Å². The van der Waals surface area contributed by atoms with E-state index in [1.807, 2.05) is 44.2 Å². The summed E-state index contributed by atoms with van der Waals surface area (Å²) in [7, 11) is 0. The Morgan fingerprint density at radius 1 is 1.24 bits per heavy atom. The van der Waals surface area contributed by atoms with Crippen LogP contribution in [0.15, 0.2) is 30.3 Å². The fourth-order valence-corrected chi connectivity index (χ4v) is 1.86. The van der Waals surface area contributed by atoms with Crippen LogP contribution in [0.1, 0.15) is 25.8 Å². The van der Waals surface area contributed by atoms with Crippen LogP contribution in [0.5, 0.6) is 0 Å². The number of carbonyl (C=O) groups is 2. The van der Waals surface area contributed by atoms with Crippen molar-refractivity contribution in [3.8, 4) is 0 Å². The van der Waals surface area contributed by atoms with Gasteiger partial charge in [0.15, 0.2) is 6.10 Å². The van der Waals surface area contributed by atoms with E-state index in [0.717, 1.165) is 5.56 Å². The molecule has 0 aromatic heterocycles. The average molecular weight is 295 g/mol. The van der Waals surface area contributed by atoms with Gasteiger partial charge in [0.2, 0.25) is 0 Å². The summed E-state index contributed by atoms with van der Waals surface area (Å²) in [5.41, 5.74) is 0.826. The molecule has 6 nitrogen and oxygen atoms in total. The van der Waals surface area contributed by atoms with Gasteiger partial charge in [0.05, 0.1) is 6.04 Å². The molecule has 1 aromatic rings. The van der Waals surface area contributed by atoms with E-state index in [1.54, 1.807) is 0 Å². The maximum atomic E-state index is 11.7. The summed E-state index contributed by atoms with van der Waals surface area (Å²) in [5.74, 6) is -1.25. The molecule has 0 aliphatic rings. The number of benzene rings is 1. The molecule has 0 spiro atoms. The van der Waals surface area contributed by atoms with Crippen LogP contribution in [-0.2, 0) is 16.1 Å². The van der Waals surface area contributed by atoms with Crippen molar-refractivity contribution in [1.29, 1.82) is 0 Å². The Hall–Kier alpha value is -2.08. The molecule has 0 aliphatic heterocycles. The quantitative estimate of drug-likeness (QED) is 0.712. The van der Waals surface area contributed by atoms with Crippen LogP contribution in [0.3, 0.4) is 0 Å². The van der Waals surface area contributed by atoms with Gasteiger partial charge >= 0.3 is 12.1 Å². The van der Waals surface area contributed by atoms with Crippen LogP contribution >= 0.6 is 0 Å². The number of hydrogen-bond acceptors (Lipinski definition) is 4. The third-order valence-corrected chi connectivity index (χ3v) is 2.88. The summed E-state index contributed by atoms with van der Waals surface area (Å²) < 4.78 is 5.02. The Bertz CT molecular complexity index is 460. The van der Waals surface area contributed by atoms with E-state index in [2.05, 4.69) is 5.32 Å². The molecule has 0 saturated carbocycles. The number of amides is 1. The van der Waals surface area contributed by atoms with Crippen molar-refractivity contribution in [3.05, 3.63) is 35.9 Å². The van der Waals surface area contributed by atoms with Gasteiger partial charge in [-0.3, -0.25) is 0 Å². The predicted molar refractivity (Wildman–Crippen MR) is 76.6 cm³/mol. The fourth-order valence-electron chi connectivity index (χ4n) is 1.86. The van der Waals surface area contributed by atoms with Gasteiger partial charge < -0.3 is 20.3 Å². The van der Waals surface area contributed by atoms with Crippen molar-refractivity contribution in [2.24, 2.45) is 5.92 Å². The summed E-state index contributed by atoms with van der Waals surface area (Å²) in [4.78, 5) is 22.5. The van der Waals surface area contributed by atoms with E-state index in [0.29, 0.717) is 6.42 Å². The second kappa shape index (κ2) is 8.26. The summed E-state index contributed by atoms with van der Waals surface area (Å²) in [6, 6.07) is 8.24. The molecule has 1 amide bonds. The van der Waals surface area contributed by atoms with E-state index >= 15 is 0 Å². The lowest BCUT2D eigenvalue weighted by Gasteiger charge is -2.22. The van der Waals surface area contributed by atoms with Crippen LogP contribution in [0, 0.1) is 5.92 Å². The molecule has 0 heterocycles. The van der Waals surface area contributed by atoms with Crippen molar-refractivity contribution < 1.29 is 24.5 Å². The van der Waals surface area contributed by atoms with Gasteiger partial charge in [0.1, 0.15) is 6.61 Å². The summed E-state index contributed by atoms with van der Waals surface area (Å²) in [6.45, 7) is 3.83. The lowest BCUT2D eigenvalue weighted by molar-refractivity contribution is -0.148. The lowest BCUT2D eigenvalue weighted by atomic mass is 9.99. The summed E-state index contributed by atoms with van der Waals surface area (Å²) in [6.07, 6.45) is -2.06. The van der Waals surface area contributed by atoms with Crippen molar-refractivity contribution in [1.82, 2.24) is 5.32 Å². The SMILES string of the molecule is CC(C)C[C@@H](NC(=O)OCc1ccccc1)[C@@H](O)C(=O)O. The monoisotopic (exact) mass is 295 g/mol. The van der Waals surface area contributed by atoms with Crippen LogP contribution in [-0.4, -0.2) is 34.4 Å². The summed E-state index contributed by atoms with van der Waals surface area (Å²) in [5, 5.41) is 20.9. The minimum Gasteiger partial charge on any atom is -0.479 e. The van der Waals surface area contributed by atoms with Crippen molar-refractivity contribution in [2.75, 3.05) is 0 Å². The smallest absolute Gasteiger partial charge is 0.407 e. The molecule has 1 aromatic carbocycles. The van der Waals surface area contributed by atoms with Gasteiger partial charge in [0, 0.05) is 0 Å². The minimum absolute atomic E-state index is 0.0875. The van der Waals surface area contributed by atoms with Crippen molar-refractivity contribution in [2.45, 2.75) is 39.0 Å². The predicted octanol–water partition coefficient (Wildman–Crippen LogP) is 1.77. The van der Waals surface area contributed by atoms with E-state index in [-0.39, 0.29) is 12.5 Å². The third kappa shape index (κ3) is 6.27. The molecule has 0 saturated heterocycles. The van der Waals surface area contributed by atoms with Gasteiger partial charge in [0.25, 0.3) is 0 Å². The molecule has 0 fully saturated rings. The number of carbonyl (C=O) groups excluding carboxylic acids is 1. The first kappa shape index (κ1) is 17.0. The molecular formula is C15H21NO5. The molecule has 21 heavy (non-hydrogen) atoms. The number of rotatable bonds is 7. The Kier molecular flexibility index (Phi) is 6.68. The zero-order valence-electron chi connectivity index (χ0n) is 12.2. The highest BCUT2D eigenvalue weighted by molar-refractivity contribution is 5.75. The highest BCUT2D eigenvalue weighted by Crippen LogP contribution is 2.09. The molecule has 116 valence electrons. The average Bonchev–Trinajstić information content (AvgIpc) is 2.44. The van der Waals surface area contributed by atoms with E-state index < -0.39 is 24.2 Å². The second-order valence-electron chi connectivity index (χ2n) is 5.23. The number of carboxylic acids is 1. The number of carboxylic acid groups (broad SMARTS) is 1. The zero-order valence-corrected chi connectivity index (χ0v) is 12.2. The molecule has 2 atom stereocenters. The molecule has 0 radical (unpaired) electrons. The molecule has 0 unspecified atom stereocenters. The highest BCUT2D eigenvalue weighted by atomic mass is 16.5. The van der Waals surface area contributed by atoms with Gasteiger partial charge in [-0.15, -0.1) is 0 Å². The van der Waals surface area contributed by atoms with Crippen molar-refractivity contribution >= 4 is 12.1 Å². The van der Waals surface area contributed by atoms with Crippen LogP contribution in [0.2, 0.25) is 0 Å². The summed E-state index contributed by atoms with van der Waals surface area (Å²) >= 11 is 0. The standard InChI is InChI=1S/C15H21NO5/c1-10(2)8-12(13(17)14(18)19)16-15(20)21-9-11-6-4-3-5-7-11/h3-7,10,12-13,17H,8-9H2,1-2H3,(H,16,20)(H,18,19)/t12-,13-/m1/s1. The van der Waals surface area contributed by atoms with Crippen LogP contribution in [0.4, 0.5) is 4.79 Å². The number of alkyl carbamates (subject to hydrolysis) is 1. The number of aliphatic hydroxyl groups is 1. The molecule has 3 N–H and O–H groups in total. The Morgan fingerprint density at radius 2 is 1.86 bits per heavy atom. The highest BCUT2D eigenvalue weighted by Gasteiger charge is 2.28. The first-order valence-corrected chi connectivity index (χ1v) is 6.78. The number of hydrogen-bond donors (Lipinski definition) is 3. The number of aliphatic hydroxyl groups excluding tert-OH is 1. The van der Waals surface area contributed by atoms with E-state index in [4.69, 9.17) is 9.84 Å². The maximum Gasteiger partial charge on any atom is 0.407 e. The Labute approximate surface area is 123 Å². The lowest BCUT2D eigenvalue weighted by Crippen LogP contribution is -2.47. The fraction of sp³-hybridized carbons (Fsp3) is 0.467. The third-order valence-electron chi connectivity index (χ3n) is 2.88. The molecule has 6 heteroatoms. The van der Waals surface area contributed by atoms with E-state index in [9.17, 15) is 14.7 Å². The number of ether oxygens (including phenoxy) is 1. The molecule has 0 aliphatic carbocycles. The van der Waals surface area contributed by atoms with Gasteiger partial charge in [-0.2, -0.15) is 0 Å². The first-order chi connectivity index (χ1) is 9.90. The normalized spacial score (nSPS) is 13.5. The molecule has 0 bridgehead atoms. The number of aliphatic carboxylic acids is 1. The maximum absolute atomic E-state index is 11.7. The van der Waals surface area contributed by atoms with Gasteiger partial charge in [-0.05, 0) is 17.9 Å². The van der Waals surface area contributed by atoms with Gasteiger partial charge in [-0.25, -0.2) is 9.59 Å². The zero-order chi connectivity index (χ0) is 15.8. The first-order valence-electron chi connectivity index (χ1n) is 6.78. The largest absolute Gasteiger partial charge is 0.479 e. The van der Waals surface area contributed by atoms with Crippen molar-refractivity contribution in [3.63, 3.8) is 0 Å². The second-order valence-corrected chi connectivity index (χ2v) is 5.23. The molecule has 1 rings (SSSR count). The Morgan fingerprint density at radius 3 is 2.38 bits per heavy atom. The number of nitrogens with one attached hydrogen (secondary N) is 1. The van der Waals surface area contributed by atoms with Crippen LogP contribution < -0.4 is 5.32 Å². The minimum atomic E-state index is -1.66. The topological polar surface area (TPSA) is 95.9 Å². The molecular weight excluding hydrogens is 274 g/mol.